The van der Waals surface area contributed by atoms with Gasteiger partial charge in [-0.1, -0.05) is 0 Å². The molecule has 0 atom stereocenters. The van der Waals surface area contributed by atoms with Crippen LogP contribution in [0.4, 0.5) is 10.1 Å². The Morgan fingerprint density at radius 3 is 2.79 bits per heavy atom. The van der Waals surface area contributed by atoms with Crippen molar-refractivity contribution >= 4 is 5.69 Å². The second-order valence-corrected chi connectivity index (χ2v) is 4.20. The van der Waals surface area contributed by atoms with Gasteiger partial charge in [-0.2, -0.15) is 0 Å². The molecule has 5 heteroatoms. The lowest BCUT2D eigenvalue weighted by atomic mass is 10.2. The number of rotatable bonds is 3. The fraction of sp³-hybridized carbons (Fsp3) is 0.143. The highest BCUT2D eigenvalue weighted by Gasteiger charge is 2.13. The Morgan fingerprint density at radius 1 is 1.11 bits per heavy atom. The van der Waals surface area contributed by atoms with Crippen molar-refractivity contribution in [3.63, 3.8) is 0 Å². The van der Waals surface area contributed by atoms with Gasteiger partial charge < -0.3 is 19.9 Å². The zero-order chi connectivity index (χ0) is 13.2. The van der Waals surface area contributed by atoms with Crippen LogP contribution in [-0.4, -0.2) is 6.79 Å². The summed E-state index contributed by atoms with van der Waals surface area (Å²) in [6.07, 6.45) is 0. The highest BCUT2D eigenvalue weighted by atomic mass is 19.1. The molecule has 98 valence electrons. The normalized spacial score (nSPS) is 12.5. The molecule has 1 aliphatic rings. The third kappa shape index (κ3) is 2.54. The Balaban J connectivity index is 1.72. The molecule has 0 aromatic heterocycles. The number of nitrogen functional groups attached to an aromatic ring is 1. The average Bonchev–Trinajstić information content (AvgIpc) is 2.82. The number of benzene rings is 2. The molecule has 0 saturated carbocycles. The number of nitrogens with two attached hydrogens (primary N) is 1. The Bertz CT molecular complexity index is 595. The van der Waals surface area contributed by atoms with E-state index in [-0.39, 0.29) is 19.2 Å². The molecule has 2 aromatic rings. The molecule has 0 fully saturated rings. The van der Waals surface area contributed by atoms with Gasteiger partial charge in [-0.3, -0.25) is 0 Å². The van der Waals surface area contributed by atoms with Crippen molar-refractivity contribution in [3.8, 4) is 17.2 Å². The minimum Gasteiger partial charge on any atom is -0.489 e. The molecule has 0 saturated heterocycles. The largest absolute Gasteiger partial charge is 0.489 e. The minimum atomic E-state index is -0.371. The molecule has 0 unspecified atom stereocenters. The van der Waals surface area contributed by atoms with Crippen LogP contribution in [0.3, 0.4) is 0 Å². The Kier molecular flexibility index (Phi) is 2.87. The van der Waals surface area contributed by atoms with Crippen molar-refractivity contribution in [3.05, 3.63) is 47.8 Å². The molecule has 1 heterocycles. The highest BCUT2D eigenvalue weighted by molar-refractivity contribution is 5.47. The van der Waals surface area contributed by atoms with Gasteiger partial charge in [-0.15, -0.1) is 0 Å². The molecule has 4 nitrogen and oxygen atoms in total. The molecule has 19 heavy (non-hydrogen) atoms. The van der Waals surface area contributed by atoms with Gasteiger partial charge >= 0.3 is 0 Å². The van der Waals surface area contributed by atoms with Gasteiger partial charge in [0.2, 0.25) is 6.79 Å². The first-order valence-corrected chi connectivity index (χ1v) is 5.78. The zero-order valence-corrected chi connectivity index (χ0v) is 10.1. The molecular weight excluding hydrogens is 249 g/mol. The molecule has 0 aliphatic carbocycles. The van der Waals surface area contributed by atoms with Crippen molar-refractivity contribution in [2.24, 2.45) is 0 Å². The average molecular weight is 261 g/mol. The monoisotopic (exact) mass is 261 g/mol. The van der Waals surface area contributed by atoms with Crippen LogP contribution in [0.5, 0.6) is 17.2 Å². The SMILES string of the molecule is Nc1cc(F)cc(COc2ccc3c(c2)OCO3)c1. The van der Waals surface area contributed by atoms with Gasteiger partial charge in [-0.25, -0.2) is 4.39 Å². The van der Waals surface area contributed by atoms with Gasteiger partial charge in [0.25, 0.3) is 0 Å². The zero-order valence-electron chi connectivity index (χ0n) is 10.1. The lowest BCUT2D eigenvalue weighted by Gasteiger charge is -2.08. The molecule has 1 aliphatic heterocycles. The summed E-state index contributed by atoms with van der Waals surface area (Å²) in [6.45, 7) is 0.459. The summed E-state index contributed by atoms with van der Waals surface area (Å²) in [5.41, 5.74) is 6.63. The number of ether oxygens (including phenoxy) is 3. The summed E-state index contributed by atoms with van der Waals surface area (Å²) < 4.78 is 29.2. The van der Waals surface area contributed by atoms with E-state index in [0.29, 0.717) is 28.5 Å². The summed E-state index contributed by atoms with van der Waals surface area (Å²) >= 11 is 0. The van der Waals surface area contributed by atoms with Crippen LogP contribution < -0.4 is 19.9 Å². The van der Waals surface area contributed by atoms with Crippen LogP contribution in [-0.2, 0) is 6.61 Å². The quantitative estimate of drug-likeness (QED) is 0.863. The smallest absolute Gasteiger partial charge is 0.231 e. The predicted molar refractivity (Wildman–Crippen MR) is 67.7 cm³/mol. The summed E-state index contributed by atoms with van der Waals surface area (Å²) in [6, 6.07) is 9.63. The van der Waals surface area contributed by atoms with Gasteiger partial charge in [0.05, 0.1) is 0 Å². The summed E-state index contributed by atoms with van der Waals surface area (Å²) in [5, 5.41) is 0. The second kappa shape index (κ2) is 4.68. The number of fused-ring (bicyclic) bond motifs is 1. The van der Waals surface area contributed by atoms with Crippen LogP contribution in [0.2, 0.25) is 0 Å². The van der Waals surface area contributed by atoms with E-state index in [4.69, 9.17) is 19.9 Å². The van der Waals surface area contributed by atoms with Crippen molar-refractivity contribution in [1.82, 2.24) is 0 Å². The van der Waals surface area contributed by atoms with Crippen LogP contribution in [0.1, 0.15) is 5.56 Å². The fourth-order valence-electron chi connectivity index (χ4n) is 1.89. The minimum absolute atomic E-state index is 0.221. The molecule has 2 N–H and O–H groups in total. The van der Waals surface area contributed by atoms with Crippen molar-refractivity contribution in [2.45, 2.75) is 6.61 Å². The molecule has 0 spiro atoms. The van der Waals surface area contributed by atoms with E-state index in [1.807, 2.05) is 0 Å². The first kappa shape index (κ1) is 11.6. The lowest BCUT2D eigenvalue weighted by Crippen LogP contribution is -1.98. The van der Waals surface area contributed by atoms with Crippen LogP contribution in [0.15, 0.2) is 36.4 Å². The van der Waals surface area contributed by atoms with Crippen molar-refractivity contribution in [1.29, 1.82) is 0 Å². The third-order valence-corrected chi connectivity index (χ3v) is 2.73. The predicted octanol–water partition coefficient (Wildman–Crippen LogP) is 2.72. The summed E-state index contributed by atoms with van der Waals surface area (Å²) in [5.74, 6) is 1.61. The summed E-state index contributed by atoms with van der Waals surface area (Å²) in [4.78, 5) is 0. The van der Waals surface area contributed by atoms with E-state index < -0.39 is 0 Å². The Morgan fingerprint density at radius 2 is 1.95 bits per heavy atom. The Hall–Kier alpha value is -2.43. The standard InChI is InChI=1S/C14H12FNO3/c15-10-3-9(4-11(16)5-10)7-17-12-1-2-13-14(6-12)19-8-18-13/h1-6H,7-8,16H2. The molecule has 3 rings (SSSR count). The van der Waals surface area contributed by atoms with Gasteiger partial charge in [-0.05, 0) is 35.9 Å². The number of anilines is 1. The summed E-state index contributed by atoms with van der Waals surface area (Å²) in [7, 11) is 0. The van der Waals surface area contributed by atoms with E-state index in [1.54, 1.807) is 24.3 Å². The molecule has 2 aromatic carbocycles. The van der Waals surface area contributed by atoms with Crippen molar-refractivity contribution in [2.75, 3.05) is 12.5 Å². The topological polar surface area (TPSA) is 53.7 Å². The van der Waals surface area contributed by atoms with E-state index in [2.05, 4.69) is 0 Å². The number of halogens is 1. The van der Waals surface area contributed by atoms with Gasteiger partial charge in [0, 0.05) is 11.8 Å². The first-order valence-electron chi connectivity index (χ1n) is 5.78. The van der Waals surface area contributed by atoms with Gasteiger partial charge in [0.15, 0.2) is 11.5 Å². The maximum atomic E-state index is 13.2. The van der Waals surface area contributed by atoms with Crippen molar-refractivity contribution < 1.29 is 18.6 Å². The highest BCUT2D eigenvalue weighted by Crippen LogP contribution is 2.35. The molecule has 0 amide bonds. The van der Waals surface area contributed by atoms with Crippen LogP contribution in [0, 0.1) is 5.82 Å². The first-order chi connectivity index (χ1) is 9.20. The maximum Gasteiger partial charge on any atom is 0.231 e. The van der Waals surface area contributed by atoms with E-state index >= 15 is 0 Å². The van der Waals surface area contributed by atoms with E-state index in [0.717, 1.165) is 0 Å². The molecular formula is C14H12FNO3. The van der Waals surface area contributed by atoms with E-state index in [9.17, 15) is 4.39 Å². The van der Waals surface area contributed by atoms with Gasteiger partial charge in [0.1, 0.15) is 18.2 Å². The third-order valence-electron chi connectivity index (χ3n) is 2.73. The van der Waals surface area contributed by atoms with Crippen LogP contribution in [0.25, 0.3) is 0 Å². The van der Waals surface area contributed by atoms with Crippen LogP contribution >= 0.6 is 0 Å². The number of hydrogen-bond donors (Lipinski definition) is 1. The molecule has 0 radical (unpaired) electrons. The Labute approximate surface area is 109 Å². The number of hydrogen-bond acceptors (Lipinski definition) is 4. The maximum absolute atomic E-state index is 13.2. The molecule has 0 bridgehead atoms. The lowest BCUT2D eigenvalue weighted by molar-refractivity contribution is 0.173. The second-order valence-electron chi connectivity index (χ2n) is 4.20. The fourth-order valence-corrected chi connectivity index (χ4v) is 1.89. The van der Waals surface area contributed by atoms with E-state index in [1.165, 1.54) is 12.1 Å².